The first-order valence-electron chi connectivity index (χ1n) is 10.4. The van der Waals surface area contributed by atoms with Crippen molar-refractivity contribution in [1.82, 2.24) is 25.3 Å². The predicted octanol–water partition coefficient (Wildman–Crippen LogP) is 4.38. The molecule has 0 radical (unpaired) electrons. The number of imidazole rings is 1. The highest BCUT2D eigenvalue weighted by Crippen LogP contribution is 2.26. The number of ether oxygens (including phenoxy) is 2. The number of alkyl carbamates (subject to hydrolysis) is 1. The van der Waals surface area contributed by atoms with E-state index in [1.54, 1.807) is 13.4 Å². The second kappa shape index (κ2) is 11.1. The number of carbonyl (C=O) groups is 1. The molecule has 1 aromatic carbocycles. The van der Waals surface area contributed by atoms with Crippen LogP contribution in [0.5, 0.6) is 5.75 Å². The van der Waals surface area contributed by atoms with Crippen molar-refractivity contribution in [3.63, 3.8) is 0 Å². The third-order valence-corrected chi connectivity index (χ3v) is 3.95. The molecule has 0 saturated carbocycles. The van der Waals surface area contributed by atoms with E-state index in [2.05, 4.69) is 30.6 Å². The van der Waals surface area contributed by atoms with Crippen LogP contribution >= 0.6 is 0 Å². The van der Waals surface area contributed by atoms with Crippen molar-refractivity contribution in [3.8, 4) is 17.0 Å². The van der Waals surface area contributed by atoms with Crippen LogP contribution < -0.4 is 15.4 Å². The van der Waals surface area contributed by atoms with Crippen LogP contribution in [0.15, 0.2) is 30.6 Å². The highest BCUT2D eigenvalue weighted by molar-refractivity contribution is 5.88. The van der Waals surface area contributed by atoms with E-state index in [0.717, 1.165) is 22.5 Å². The Morgan fingerprint density at radius 2 is 1.81 bits per heavy atom. The zero-order chi connectivity index (χ0) is 22.9. The summed E-state index contributed by atoms with van der Waals surface area (Å²) in [5.74, 6) is 1.26. The third-order valence-electron chi connectivity index (χ3n) is 3.95. The van der Waals surface area contributed by atoms with Gasteiger partial charge in [0, 0.05) is 18.7 Å². The molecule has 9 nitrogen and oxygen atoms in total. The minimum absolute atomic E-state index is 0.423. The van der Waals surface area contributed by atoms with Gasteiger partial charge in [-0.05, 0) is 51.5 Å². The second-order valence-electron chi connectivity index (χ2n) is 7.43. The van der Waals surface area contributed by atoms with E-state index in [0.29, 0.717) is 31.1 Å². The maximum atomic E-state index is 11.7. The summed E-state index contributed by atoms with van der Waals surface area (Å²) in [6.07, 6.45) is 1.87. The fourth-order valence-electron chi connectivity index (χ4n) is 2.66. The van der Waals surface area contributed by atoms with Crippen molar-refractivity contribution >= 4 is 23.2 Å². The van der Waals surface area contributed by atoms with E-state index >= 15 is 0 Å². The van der Waals surface area contributed by atoms with Crippen molar-refractivity contribution < 1.29 is 14.3 Å². The first-order valence-corrected chi connectivity index (χ1v) is 10.4. The summed E-state index contributed by atoms with van der Waals surface area (Å²) >= 11 is 0. The van der Waals surface area contributed by atoms with Gasteiger partial charge < -0.3 is 25.1 Å². The number of amides is 1. The summed E-state index contributed by atoms with van der Waals surface area (Å²) in [5, 5.41) is 5.92. The molecule has 31 heavy (non-hydrogen) atoms. The van der Waals surface area contributed by atoms with Crippen molar-refractivity contribution in [3.05, 3.63) is 30.6 Å². The largest absolute Gasteiger partial charge is 0.497 e. The third kappa shape index (κ3) is 7.13. The molecule has 0 atom stereocenters. The smallest absolute Gasteiger partial charge is 0.407 e. The van der Waals surface area contributed by atoms with E-state index in [4.69, 9.17) is 9.47 Å². The molecule has 0 fully saturated rings. The summed E-state index contributed by atoms with van der Waals surface area (Å²) in [6.45, 7) is 10.6. The molecular weight excluding hydrogens is 396 g/mol. The lowest BCUT2D eigenvalue weighted by Gasteiger charge is -2.19. The topological polar surface area (TPSA) is 114 Å². The van der Waals surface area contributed by atoms with Crippen LogP contribution in [0.1, 0.15) is 41.0 Å². The number of fused-ring (bicyclic) bond motifs is 1. The molecule has 0 aliphatic carbocycles. The molecule has 3 N–H and O–H groups in total. The molecule has 0 unspecified atom stereocenters. The number of hydrogen-bond acceptors (Lipinski definition) is 7. The molecule has 0 spiro atoms. The number of nitrogens with zero attached hydrogens (tertiary/aromatic N) is 3. The van der Waals surface area contributed by atoms with Gasteiger partial charge in [-0.15, -0.1) is 0 Å². The van der Waals surface area contributed by atoms with E-state index in [1.165, 1.54) is 0 Å². The fraction of sp³-hybridized carbons (Fsp3) is 0.455. The summed E-state index contributed by atoms with van der Waals surface area (Å²) in [6, 6.07) is 7.65. The summed E-state index contributed by atoms with van der Waals surface area (Å²) in [5.41, 5.74) is 2.53. The Bertz CT molecular complexity index is 964. The van der Waals surface area contributed by atoms with Crippen LogP contribution in [0.4, 0.5) is 10.7 Å². The monoisotopic (exact) mass is 428 g/mol. The normalized spacial score (nSPS) is 10.8. The molecule has 9 heteroatoms. The fourth-order valence-corrected chi connectivity index (χ4v) is 2.66. The van der Waals surface area contributed by atoms with Crippen LogP contribution in [0.25, 0.3) is 22.4 Å². The van der Waals surface area contributed by atoms with Gasteiger partial charge in [-0.2, -0.15) is 4.98 Å². The van der Waals surface area contributed by atoms with E-state index in [9.17, 15) is 4.79 Å². The molecule has 1 amide bonds. The maximum absolute atomic E-state index is 11.7. The van der Waals surface area contributed by atoms with Crippen molar-refractivity contribution in [2.24, 2.45) is 0 Å². The standard InChI is InChI=1S/C20H26N6O3.C2H6/c1-20(2,3)29-19(27)22-11-5-10-21-18-25-15(16-17(26-18)24-12-23-16)13-6-8-14(28-4)9-7-13;1-2/h6-9,12H,5,10-11H2,1-4H3,(H,22,27)(H2,21,23,24,25,26);1-2H3. The van der Waals surface area contributed by atoms with Gasteiger partial charge in [-0.1, -0.05) is 13.8 Å². The summed E-state index contributed by atoms with van der Waals surface area (Å²) in [7, 11) is 1.63. The molecule has 0 aliphatic heterocycles. The highest BCUT2D eigenvalue weighted by atomic mass is 16.6. The van der Waals surface area contributed by atoms with Gasteiger partial charge in [0.15, 0.2) is 5.65 Å². The Balaban J connectivity index is 0.00000166. The Morgan fingerprint density at radius 3 is 2.45 bits per heavy atom. The van der Waals surface area contributed by atoms with Crippen LogP contribution in [0, 0.1) is 0 Å². The molecule has 3 aromatic rings. The maximum Gasteiger partial charge on any atom is 0.407 e. The Kier molecular flexibility index (Phi) is 8.60. The number of carbonyl (C=O) groups excluding carboxylic acids is 1. The molecule has 2 heterocycles. The Labute approximate surface area is 183 Å². The average molecular weight is 429 g/mol. The number of H-pyrrole nitrogens is 1. The molecule has 0 aliphatic rings. The molecule has 168 valence electrons. The molecule has 0 bridgehead atoms. The van der Waals surface area contributed by atoms with Crippen LogP contribution in [0.2, 0.25) is 0 Å². The van der Waals surface area contributed by atoms with Crippen molar-refractivity contribution in [1.29, 1.82) is 0 Å². The van der Waals surface area contributed by atoms with Gasteiger partial charge in [0.1, 0.15) is 22.6 Å². The van der Waals surface area contributed by atoms with E-state index < -0.39 is 11.7 Å². The number of benzene rings is 1. The van der Waals surface area contributed by atoms with E-state index in [-0.39, 0.29) is 0 Å². The van der Waals surface area contributed by atoms with Gasteiger partial charge in [0.25, 0.3) is 0 Å². The zero-order valence-corrected chi connectivity index (χ0v) is 19.1. The quantitative estimate of drug-likeness (QED) is 0.478. The molecule has 0 saturated heterocycles. The van der Waals surface area contributed by atoms with Crippen LogP contribution in [-0.2, 0) is 4.74 Å². The number of anilines is 1. The highest BCUT2D eigenvalue weighted by Gasteiger charge is 2.15. The van der Waals surface area contributed by atoms with Gasteiger partial charge >= 0.3 is 6.09 Å². The van der Waals surface area contributed by atoms with Gasteiger partial charge in [-0.25, -0.2) is 14.8 Å². The molecule has 3 rings (SSSR count). The second-order valence-corrected chi connectivity index (χ2v) is 7.43. The molecule has 2 aromatic heterocycles. The van der Waals surface area contributed by atoms with Crippen LogP contribution in [-0.4, -0.2) is 51.8 Å². The first kappa shape index (κ1) is 23.9. The predicted molar refractivity (Wildman–Crippen MR) is 122 cm³/mol. The minimum Gasteiger partial charge on any atom is -0.497 e. The lowest BCUT2D eigenvalue weighted by atomic mass is 10.1. The first-order chi connectivity index (χ1) is 14.9. The Hall–Kier alpha value is -3.36. The lowest BCUT2D eigenvalue weighted by Crippen LogP contribution is -2.33. The SMILES string of the molecule is CC.COc1ccc(-c2nc(NCCCNC(=O)OC(C)(C)C)nc3nc[nH]c23)cc1. The lowest BCUT2D eigenvalue weighted by molar-refractivity contribution is 0.0528. The van der Waals surface area contributed by atoms with Gasteiger partial charge in [0.05, 0.1) is 13.4 Å². The van der Waals surface area contributed by atoms with Gasteiger partial charge in [0.2, 0.25) is 5.95 Å². The number of hydrogen-bond donors (Lipinski definition) is 3. The van der Waals surface area contributed by atoms with Crippen molar-refractivity contribution in [2.45, 2.75) is 46.6 Å². The number of aromatic nitrogens is 4. The van der Waals surface area contributed by atoms with Gasteiger partial charge in [-0.3, -0.25) is 0 Å². The summed E-state index contributed by atoms with van der Waals surface area (Å²) < 4.78 is 10.4. The Morgan fingerprint density at radius 1 is 1.10 bits per heavy atom. The van der Waals surface area contributed by atoms with Crippen LogP contribution in [0.3, 0.4) is 0 Å². The average Bonchev–Trinajstić information content (AvgIpc) is 3.22. The number of rotatable bonds is 7. The van der Waals surface area contributed by atoms with Crippen molar-refractivity contribution in [2.75, 3.05) is 25.5 Å². The number of aromatic amines is 1. The summed E-state index contributed by atoms with van der Waals surface area (Å²) in [4.78, 5) is 28.1. The minimum atomic E-state index is -0.507. The molecular formula is C22H32N6O3. The zero-order valence-electron chi connectivity index (χ0n) is 19.1. The number of nitrogens with one attached hydrogen (secondary N) is 3. The number of methoxy groups -OCH3 is 1. The van der Waals surface area contributed by atoms with E-state index in [1.807, 2.05) is 58.9 Å².